The summed E-state index contributed by atoms with van der Waals surface area (Å²) in [6.45, 7) is 3.38. The Labute approximate surface area is 168 Å². The first kappa shape index (κ1) is 20.1. The minimum absolute atomic E-state index is 0.0816. The summed E-state index contributed by atoms with van der Waals surface area (Å²) in [6.07, 6.45) is 1.86. The molecule has 6 nitrogen and oxygen atoms in total. The number of ether oxygens (including phenoxy) is 1. The van der Waals surface area contributed by atoms with Crippen molar-refractivity contribution in [2.75, 3.05) is 25.0 Å². The molecule has 146 valence electrons. The van der Waals surface area contributed by atoms with Gasteiger partial charge in [0, 0.05) is 18.0 Å². The molecule has 0 aliphatic carbocycles. The molecule has 1 aliphatic rings. The highest BCUT2D eigenvalue weighted by atomic mass is 35.5. The average Bonchev–Trinajstić information content (AvgIpc) is 3.30. The molecular weight excluding hydrogens is 408 g/mol. The maximum Gasteiger partial charge on any atom is 0.252 e. The third-order valence-electron chi connectivity index (χ3n) is 4.16. The summed E-state index contributed by atoms with van der Waals surface area (Å²) in [5, 5.41) is 3.21. The highest BCUT2D eigenvalue weighted by molar-refractivity contribution is 7.91. The van der Waals surface area contributed by atoms with Gasteiger partial charge in [0.25, 0.3) is 10.0 Å². The van der Waals surface area contributed by atoms with Gasteiger partial charge in [0.2, 0.25) is 5.91 Å². The van der Waals surface area contributed by atoms with E-state index in [1.807, 2.05) is 6.92 Å². The monoisotopic (exact) mass is 428 g/mol. The Balaban J connectivity index is 1.69. The molecule has 1 N–H and O–H groups in total. The number of halogens is 1. The average molecular weight is 429 g/mol. The maximum atomic E-state index is 12.6. The molecule has 0 atom stereocenters. The second-order valence-electron chi connectivity index (χ2n) is 6.11. The zero-order valence-electron chi connectivity index (χ0n) is 14.9. The molecule has 0 spiro atoms. The van der Waals surface area contributed by atoms with Crippen LogP contribution in [0.4, 0.5) is 5.69 Å². The lowest BCUT2D eigenvalue weighted by Crippen LogP contribution is -2.27. The van der Waals surface area contributed by atoms with Gasteiger partial charge in [0.1, 0.15) is 4.21 Å². The van der Waals surface area contributed by atoms with Crippen LogP contribution in [0.15, 0.2) is 34.5 Å². The second kappa shape index (κ2) is 8.60. The molecule has 1 amide bonds. The van der Waals surface area contributed by atoms with Crippen LogP contribution >= 0.6 is 22.9 Å². The van der Waals surface area contributed by atoms with E-state index in [1.54, 1.807) is 30.3 Å². The Bertz CT molecular complexity index is 921. The smallest absolute Gasteiger partial charge is 0.252 e. The SMILES string of the molecule is CCOc1c(Cl)cccc1NC(=O)Cc1ccc(S(=O)(=O)N2CCCC2)s1. The second-order valence-corrected chi connectivity index (χ2v) is 9.85. The molecule has 0 bridgehead atoms. The van der Waals surface area contributed by atoms with Crippen molar-refractivity contribution in [3.05, 3.63) is 40.2 Å². The Morgan fingerprint density at radius 2 is 2.00 bits per heavy atom. The molecule has 0 unspecified atom stereocenters. The van der Waals surface area contributed by atoms with Crippen LogP contribution in [0.5, 0.6) is 5.75 Å². The highest BCUT2D eigenvalue weighted by Crippen LogP contribution is 2.33. The summed E-state index contributed by atoms with van der Waals surface area (Å²) in [7, 11) is -3.45. The van der Waals surface area contributed by atoms with Gasteiger partial charge in [0.15, 0.2) is 5.75 Å². The number of sulfonamides is 1. The molecule has 2 aromatic rings. The topological polar surface area (TPSA) is 75.7 Å². The van der Waals surface area contributed by atoms with Crippen LogP contribution in [0.2, 0.25) is 5.02 Å². The molecule has 1 aromatic carbocycles. The van der Waals surface area contributed by atoms with E-state index in [1.165, 1.54) is 4.31 Å². The summed E-state index contributed by atoms with van der Waals surface area (Å²) >= 11 is 7.26. The van der Waals surface area contributed by atoms with Crippen LogP contribution in [0.25, 0.3) is 0 Å². The number of benzene rings is 1. The van der Waals surface area contributed by atoms with Crippen molar-refractivity contribution < 1.29 is 17.9 Å². The number of anilines is 1. The van der Waals surface area contributed by atoms with Crippen molar-refractivity contribution in [1.82, 2.24) is 4.31 Å². The number of thiophene rings is 1. The number of nitrogens with one attached hydrogen (secondary N) is 1. The van der Waals surface area contributed by atoms with Gasteiger partial charge in [-0.25, -0.2) is 8.42 Å². The lowest BCUT2D eigenvalue weighted by Gasteiger charge is -2.13. The van der Waals surface area contributed by atoms with Gasteiger partial charge in [-0.1, -0.05) is 17.7 Å². The minimum Gasteiger partial charge on any atom is -0.490 e. The van der Waals surface area contributed by atoms with Crippen LogP contribution < -0.4 is 10.1 Å². The molecule has 2 heterocycles. The fourth-order valence-corrected chi connectivity index (χ4v) is 6.15. The molecule has 9 heteroatoms. The third kappa shape index (κ3) is 4.63. The molecule has 0 saturated carbocycles. The Hall–Kier alpha value is -1.61. The van der Waals surface area contributed by atoms with Crippen molar-refractivity contribution in [2.45, 2.75) is 30.4 Å². The normalized spacial score (nSPS) is 15.0. The number of amides is 1. The number of rotatable bonds is 7. The van der Waals surface area contributed by atoms with E-state index in [-0.39, 0.29) is 16.5 Å². The predicted molar refractivity (Wildman–Crippen MR) is 107 cm³/mol. The molecule has 1 aliphatic heterocycles. The molecule has 3 rings (SSSR count). The molecule has 0 radical (unpaired) electrons. The molecule has 1 saturated heterocycles. The molecule has 27 heavy (non-hydrogen) atoms. The van der Waals surface area contributed by atoms with Crippen LogP contribution in [0.1, 0.15) is 24.6 Å². The van der Waals surface area contributed by atoms with Gasteiger partial charge < -0.3 is 10.1 Å². The summed E-state index contributed by atoms with van der Waals surface area (Å²) in [5.74, 6) is 0.170. The van der Waals surface area contributed by atoms with Crippen molar-refractivity contribution >= 4 is 44.6 Å². The number of hydrogen-bond donors (Lipinski definition) is 1. The van der Waals surface area contributed by atoms with Gasteiger partial charge in [-0.2, -0.15) is 4.31 Å². The highest BCUT2D eigenvalue weighted by Gasteiger charge is 2.28. The van der Waals surface area contributed by atoms with Crippen molar-refractivity contribution in [2.24, 2.45) is 0 Å². The number of carbonyl (C=O) groups excluding carboxylic acids is 1. The first-order valence-corrected chi connectivity index (χ1v) is 11.4. The van der Waals surface area contributed by atoms with Crippen LogP contribution in [-0.2, 0) is 21.2 Å². The summed E-state index contributed by atoms with van der Waals surface area (Å²) < 4.78 is 32.4. The largest absolute Gasteiger partial charge is 0.490 e. The van der Waals surface area contributed by atoms with Crippen molar-refractivity contribution in [3.8, 4) is 5.75 Å². The van der Waals surface area contributed by atoms with E-state index < -0.39 is 10.0 Å². The summed E-state index contributed by atoms with van der Waals surface area (Å²) in [6, 6.07) is 8.40. The number of para-hydroxylation sites is 1. The van der Waals surface area contributed by atoms with Gasteiger partial charge in [-0.15, -0.1) is 11.3 Å². The third-order valence-corrected chi connectivity index (χ3v) is 7.91. The van der Waals surface area contributed by atoms with Crippen molar-refractivity contribution in [3.63, 3.8) is 0 Å². The molecule has 1 fully saturated rings. The lowest BCUT2D eigenvalue weighted by molar-refractivity contribution is -0.115. The van der Waals surface area contributed by atoms with Gasteiger partial charge in [-0.05, 0) is 44.0 Å². The molecule has 1 aromatic heterocycles. The first-order chi connectivity index (χ1) is 12.9. The standard InChI is InChI=1S/C18H21ClN2O4S2/c1-2-25-18-14(19)6-5-7-15(18)20-16(22)12-13-8-9-17(26-13)27(23,24)21-10-3-4-11-21/h5-9H,2-4,10-12H2,1H3,(H,20,22). The Morgan fingerprint density at radius 1 is 1.26 bits per heavy atom. The van der Waals surface area contributed by atoms with E-state index in [9.17, 15) is 13.2 Å². The van der Waals surface area contributed by atoms with Crippen LogP contribution in [-0.4, -0.2) is 38.3 Å². The number of nitrogens with zero attached hydrogens (tertiary/aromatic N) is 1. The van der Waals surface area contributed by atoms with Gasteiger partial charge in [-0.3, -0.25) is 4.79 Å². The minimum atomic E-state index is -3.45. The number of carbonyl (C=O) groups is 1. The molecular formula is C18H21ClN2O4S2. The lowest BCUT2D eigenvalue weighted by atomic mass is 10.2. The van der Waals surface area contributed by atoms with Crippen molar-refractivity contribution in [1.29, 1.82) is 0 Å². The first-order valence-electron chi connectivity index (χ1n) is 8.72. The maximum absolute atomic E-state index is 12.6. The van der Waals surface area contributed by atoms with E-state index in [0.717, 1.165) is 24.2 Å². The summed E-state index contributed by atoms with van der Waals surface area (Å²) in [5.41, 5.74) is 0.496. The quantitative estimate of drug-likeness (QED) is 0.728. The Morgan fingerprint density at radius 3 is 2.70 bits per heavy atom. The fourth-order valence-electron chi connectivity index (χ4n) is 2.90. The van der Waals surface area contributed by atoms with E-state index in [2.05, 4.69) is 5.32 Å². The number of hydrogen-bond acceptors (Lipinski definition) is 5. The van der Waals surface area contributed by atoms with Gasteiger partial charge >= 0.3 is 0 Å². The van der Waals surface area contributed by atoms with Crippen LogP contribution in [0.3, 0.4) is 0 Å². The fraction of sp³-hybridized carbons (Fsp3) is 0.389. The predicted octanol–water partition coefficient (Wildman–Crippen LogP) is 3.77. The Kier molecular flexibility index (Phi) is 6.41. The van der Waals surface area contributed by atoms with E-state index in [0.29, 0.717) is 41.0 Å². The van der Waals surface area contributed by atoms with Crippen LogP contribution in [0, 0.1) is 0 Å². The zero-order chi connectivity index (χ0) is 19.4. The summed E-state index contributed by atoms with van der Waals surface area (Å²) in [4.78, 5) is 13.1. The zero-order valence-corrected chi connectivity index (χ0v) is 17.3. The van der Waals surface area contributed by atoms with E-state index >= 15 is 0 Å². The van der Waals surface area contributed by atoms with E-state index in [4.69, 9.17) is 16.3 Å². The van der Waals surface area contributed by atoms with Gasteiger partial charge in [0.05, 0.1) is 23.7 Å².